The van der Waals surface area contributed by atoms with Crippen LogP contribution in [0.5, 0.6) is 5.75 Å². The molecule has 4 heteroatoms. The number of rotatable bonds is 2. The Balaban J connectivity index is 1.70. The molecule has 4 rings (SSSR count). The number of para-hydroxylation sites is 2. The van der Waals surface area contributed by atoms with Crippen molar-refractivity contribution < 1.29 is 9.53 Å². The predicted molar refractivity (Wildman–Crippen MR) is 93.2 cm³/mol. The largest absolute Gasteiger partial charge is 0.497 e. The molecule has 0 saturated carbocycles. The van der Waals surface area contributed by atoms with E-state index in [9.17, 15) is 4.79 Å². The molecule has 1 aromatic heterocycles. The highest BCUT2D eigenvalue weighted by atomic mass is 16.5. The Morgan fingerprint density at radius 1 is 1.08 bits per heavy atom. The van der Waals surface area contributed by atoms with E-state index in [0.717, 1.165) is 39.9 Å². The topological polar surface area (TPSA) is 52.1 Å². The van der Waals surface area contributed by atoms with Crippen LogP contribution in [-0.4, -0.2) is 22.9 Å². The molecule has 0 saturated heterocycles. The van der Waals surface area contributed by atoms with Gasteiger partial charge in [-0.3, -0.25) is 9.78 Å². The maximum absolute atomic E-state index is 12.7. The first kappa shape index (κ1) is 14.6. The van der Waals surface area contributed by atoms with Gasteiger partial charge in [0.05, 0.1) is 30.0 Å². The van der Waals surface area contributed by atoms with Crippen LogP contribution in [0, 0.1) is 0 Å². The zero-order valence-electron chi connectivity index (χ0n) is 13.3. The number of aromatic nitrogens is 2. The van der Waals surface area contributed by atoms with Gasteiger partial charge in [-0.05, 0) is 54.8 Å². The molecule has 0 amide bonds. The van der Waals surface area contributed by atoms with Crippen molar-refractivity contribution in [2.45, 2.75) is 12.8 Å². The normalized spacial score (nSPS) is 15.5. The first-order valence-corrected chi connectivity index (χ1v) is 7.88. The first-order chi connectivity index (χ1) is 11.7. The van der Waals surface area contributed by atoms with E-state index < -0.39 is 0 Å². The van der Waals surface area contributed by atoms with Gasteiger partial charge in [0.15, 0.2) is 5.78 Å². The smallest absolute Gasteiger partial charge is 0.189 e. The van der Waals surface area contributed by atoms with Gasteiger partial charge < -0.3 is 4.74 Å². The van der Waals surface area contributed by atoms with Gasteiger partial charge in [-0.25, -0.2) is 4.98 Å². The number of Topliss-reactive ketones (excluding diaryl/α,β-unsaturated/α-hetero) is 1. The number of fused-ring (bicyclic) bond motifs is 2. The fourth-order valence-electron chi connectivity index (χ4n) is 3.04. The molecular weight excluding hydrogens is 300 g/mol. The van der Waals surface area contributed by atoms with Gasteiger partial charge in [0.2, 0.25) is 0 Å². The second kappa shape index (κ2) is 5.89. The Bertz CT molecular complexity index is 976. The summed E-state index contributed by atoms with van der Waals surface area (Å²) in [5, 5.41) is 0. The molecule has 24 heavy (non-hydrogen) atoms. The second-order valence-electron chi connectivity index (χ2n) is 5.81. The highest BCUT2D eigenvalue weighted by Crippen LogP contribution is 2.29. The number of methoxy groups -OCH3 is 1. The molecule has 3 aromatic rings. The Hall–Kier alpha value is -3.01. The molecule has 0 unspecified atom stereocenters. The summed E-state index contributed by atoms with van der Waals surface area (Å²) in [4.78, 5) is 21.7. The minimum atomic E-state index is 0.0638. The summed E-state index contributed by atoms with van der Waals surface area (Å²) in [6.45, 7) is 0. The lowest BCUT2D eigenvalue weighted by Gasteiger charge is -2.18. The fraction of sp³-hybridized carbons (Fsp3) is 0.150. The molecule has 0 atom stereocenters. The highest BCUT2D eigenvalue weighted by molar-refractivity contribution is 6.13. The van der Waals surface area contributed by atoms with E-state index in [2.05, 4.69) is 9.97 Å². The Labute approximate surface area is 139 Å². The molecule has 2 aromatic carbocycles. The third-order valence-corrected chi connectivity index (χ3v) is 4.30. The summed E-state index contributed by atoms with van der Waals surface area (Å²) in [5.74, 6) is 0.850. The fourth-order valence-corrected chi connectivity index (χ4v) is 3.04. The van der Waals surface area contributed by atoms with Crippen molar-refractivity contribution in [2.24, 2.45) is 0 Å². The maximum Gasteiger partial charge on any atom is 0.189 e. The van der Waals surface area contributed by atoms with Crippen molar-refractivity contribution in [3.8, 4) is 5.75 Å². The van der Waals surface area contributed by atoms with Gasteiger partial charge in [-0.15, -0.1) is 0 Å². The van der Waals surface area contributed by atoms with Crippen LogP contribution in [0.4, 0.5) is 0 Å². The van der Waals surface area contributed by atoms with E-state index in [1.54, 1.807) is 13.3 Å². The molecule has 0 N–H and O–H groups in total. The number of ketones is 1. The summed E-state index contributed by atoms with van der Waals surface area (Å²) in [7, 11) is 1.64. The van der Waals surface area contributed by atoms with E-state index in [0.29, 0.717) is 12.1 Å². The molecular formula is C20H16N2O2. The lowest BCUT2D eigenvalue weighted by Crippen LogP contribution is -2.14. The number of carbonyl (C=O) groups is 1. The average molecular weight is 316 g/mol. The number of aryl methyl sites for hydroxylation is 1. The van der Waals surface area contributed by atoms with Crippen LogP contribution >= 0.6 is 0 Å². The van der Waals surface area contributed by atoms with Crippen molar-refractivity contribution in [2.75, 3.05) is 7.11 Å². The number of ether oxygens (including phenoxy) is 1. The molecule has 0 spiro atoms. The van der Waals surface area contributed by atoms with Gasteiger partial charge >= 0.3 is 0 Å². The van der Waals surface area contributed by atoms with Crippen molar-refractivity contribution >= 4 is 22.9 Å². The van der Waals surface area contributed by atoms with Gasteiger partial charge in [0.1, 0.15) is 5.75 Å². The SMILES string of the molecule is COc1ccc2c(c1)CC/C(=C/c1cnc3ccccc3n1)C2=O. The number of allylic oxidation sites excluding steroid dienone is 1. The van der Waals surface area contributed by atoms with Crippen LogP contribution in [0.1, 0.15) is 28.0 Å². The summed E-state index contributed by atoms with van der Waals surface area (Å²) < 4.78 is 5.23. The summed E-state index contributed by atoms with van der Waals surface area (Å²) in [6, 6.07) is 13.3. The molecule has 1 aliphatic rings. The molecule has 0 aliphatic heterocycles. The Morgan fingerprint density at radius 3 is 2.75 bits per heavy atom. The monoisotopic (exact) mass is 316 g/mol. The number of hydrogen-bond donors (Lipinski definition) is 0. The molecule has 118 valence electrons. The van der Waals surface area contributed by atoms with Gasteiger partial charge in [-0.2, -0.15) is 0 Å². The lowest BCUT2D eigenvalue weighted by molar-refractivity contribution is 0.102. The quantitative estimate of drug-likeness (QED) is 0.674. The van der Waals surface area contributed by atoms with Gasteiger partial charge in [-0.1, -0.05) is 12.1 Å². The summed E-state index contributed by atoms with van der Waals surface area (Å²) in [5.41, 5.74) is 4.97. The van der Waals surface area contributed by atoms with E-state index in [1.807, 2.05) is 48.5 Å². The number of hydrogen-bond acceptors (Lipinski definition) is 4. The van der Waals surface area contributed by atoms with E-state index in [4.69, 9.17) is 4.74 Å². The molecule has 1 heterocycles. The zero-order chi connectivity index (χ0) is 16.5. The third-order valence-electron chi connectivity index (χ3n) is 4.30. The van der Waals surface area contributed by atoms with Crippen molar-refractivity contribution in [1.82, 2.24) is 9.97 Å². The van der Waals surface area contributed by atoms with Crippen molar-refractivity contribution in [3.63, 3.8) is 0 Å². The van der Waals surface area contributed by atoms with Crippen LogP contribution in [0.2, 0.25) is 0 Å². The molecule has 1 aliphatic carbocycles. The van der Waals surface area contributed by atoms with Gasteiger partial charge in [0.25, 0.3) is 0 Å². The third kappa shape index (κ3) is 2.56. The molecule has 4 nitrogen and oxygen atoms in total. The maximum atomic E-state index is 12.7. The average Bonchev–Trinajstić information content (AvgIpc) is 2.63. The lowest BCUT2D eigenvalue weighted by atomic mass is 9.86. The van der Waals surface area contributed by atoms with Crippen molar-refractivity contribution in [3.05, 3.63) is 71.1 Å². The van der Waals surface area contributed by atoms with E-state index in [1.165, 1.54) is 0 Å². The van der Waals surface area contributed by atoms with Crippen LogP contribution in [0.15, 0.2) is 54.2 Å². The predicted octanol–water partition coefficient (Wildman–Crippen LogP) is 3.85. The zero-order valence-corrected chi connectivity index (χ0v) is 13.3. The van der Waals surface area contributed by atoms with Gasteiger partial charge in [0, 0.05) is 11.1 Å². The van der Waals surface area contributed by atoms with Crippen LogP contribution < -0.4 is 4.74 Å². The van der Waals surface area contributed by atoms with E-state index in [-0.39, 0.29) is 5.78 Å². The Kier molecular flexibility index (Phi) is 3.58. The number of benzene rings is 2. The van der Waals surface area contributed by atoms with Crippen molar-refractivity contribution in [1.29, 1.82) is 0 Å². The molecule has 0 fully saturated rings. The summed E-state index contributed by atoms with van der Waals surface area (Å²) in [6.07, 6.45) is 5.10. The molecule has 0 bridgehead atoms. The van der Waals surface area contributed by atoms with E-state index >= 15 is 0 Å². The second-order valence-corrected chi connectivity index (χ2v) is 5.81. The van der Waals surface area contributed by atoms with Crippen LogP contribution in [-0.2, 0) is 6.42 Å². The number of carbonyl (C=O) groups excluding carboxylic acids is 1. The number of nitrogens with zero attached hydrogens (tertiary/aromatic N) is 2. The minimum absolute atomic E-state index is 0.0638. The standard InChI is InChI=1S/C20H16N2O2/c1-24-16-8-9-17-13(11-16)6-7-14(20(17)23)10-15-12-21-18-4-2-3-5-19(18)22-15/h2-5,8-12H,6-7H2,1H3/b14-10-. The van der Waals surface area contributed by atoms with Crippen LogP contribution in [0.3, 0.4) is 0 Å². The highest BCUT2D eigenvalue weighted by Gasteiger charge is 2.22. The minimum Gasteiger partial charge on any atom is -0.497 e. The molecule has 0 radical (unpaired) electrons. The Morgan fingerprint density at radius 2 is 1.92 bits per heavy atom. The van der Waals surface area contributed by atoms with Crippen LogP contribution in [0.25, 0.3) is 17.1 Å². The first-order valence-electron chi connectivity index (χ1n) is 7.88. The summed E-state index contributed by atoms with van der Waals surface area (Å²) >= 11 is 0.